The van der Waals surface area contributed by atoms with E-state index in [4.69, 9.17) is 19.8 Å². The molecule has 1 aliphatic carbocycles. The molecule has 0 aliphatic heterocycles. The van der Waals surface area contributed by atoms with Gasteiger partial charge >= 0.3 is 0 Å². The third-order valence-corrected chi connectivity index (χ3v) is 4.47. The van der Waals surface area contributed by atoms with Gasteiger partial charge in [-0.2, -0.15) is 0 Å². The lowest BCUT2D eigenvalue weighted by Gasteiger charge is -2.12. The Morgan fingerprint density at radius 3 is 2.61 bits per heavy atom. The molecular formula is C20H19F2N3O3. The van der Waals surface area contributed by atoms with Crippen molar-refractivity contribution in [2.75, 3.05) is 12.4 Å². The van der Waals surface area contributed by atoms with Crippen LogP contribution in [0.25, 0.3) is 11.1 Å². The highest BCUT2D eigenvalue weighted by molar-refractivity contribution is 6.11. The fourth-order valence-corrected chi connectivity index (χ4v) is 3.12. The number of ether oxygens (including phenoxy) is 1. The molecule has 2 aromatic rings. The van der Waals surface area contributed by atoms with Crippen LogP contribution in [-0.2, 0) is 4.79 Å². The van der Waals surface area contributed by atoms with Crippen molar-refractivity contribution in [3.05, 3.63) is 59.2 Å². The summed E-state index contributed by atoms with van der Waals surface area (Å²) >= 11 is 0. The average Bonchev–Trinajstić information content (AvgIpc) is 3.18. The molecule has 0 heterocycles. The van der Waals surface area contributed by atoms with E-state index in [0.717, 1.165) is 12.1 Å². The summed E-state index contributed by atoms with van der Waals surface area (Å²) in [6, 6.07) is 7.80. The zero-order valence-electron chi connectivity index (χ0n) is 17.6. The number of hydrogen-bond acceptors (Lipinski definition) is 4. The van der Waals surface area contributed by atoms with E-state index in [0.29, 0.717) is 30.4 Å². The first kappa shape index (κ1) is 15.6. The largest absolute Gasteiger partial charge is 0.497 e. The van der Waals surface area contributed by atoms with E-state index < -0.39 is 30.3 Å². The van der Waals surface area contributed by atoms with Crippen LogP contribution in [0.1, 0.15) is 23.4 Å². The second-order valence-electron chi connectivity index (χ2n) is 6.19. The van der Waals surface area contributed by atoms with Crippen LogP contribution in [0.2, 0.25) is 0 Å². The van der Waals surface area contributed by atoms with Gasteiger partial charge < -0.3 is 21.0 Å². The summed E-state index contributed by atoms with van der Waals surface area (Å²) in [5.74, 6) is -2.97. The zero-order chi connectivity index (χ0) is 22.8. The van der Waals surface area contributed by atoms with Gasteiger partial charge in [0.2, 0.25) is 0 Å². The number of amides is 1. The van der Waals surface area contributed by atoms with E-state index in [1.165, 1.54) is 24.3 Å². The van der Waals surface area contributed by atoms with Crippen LogP contribution in [0.5, 0.6) is 5.75 Å². The molecule has 28 heavy (non-hydrogen) atoms. The Bertz CT molecular complexity index is 1060. The summed E-state index contributed by atoms with van der Waals surface area (Å²) in [5.41, 5.74) is 5.91. The van der Waals surface area contributed by atoms with Crippen LogP contribution >= 0.6 is 0 Å². The van der Waals surface area contributed by atoms with E-state index in [-0.39, 0.29) is 22.7 Å². The van der Waals surface area contributed by atoms with Crippen molar-refractivity contribution in [3.8, 4) is 16.9 Å². The molecule has 0 aromatic heterocycles. The first-order valence-corrected chi connectivity index (χ1v) is 8.39. The number of methoxy groups -OCH3 is 1. The van der Waals surface area contributed by atoms with Gasteiger partial charge in [-0.1, -0.05) is 17.3 Å². The molecule has 0 unspecified atom stereocenters. The number of carbonyl (C=O) groups excluding carboxylic acids is 1. The zero-order valence-corrected chi connectivity index (χ0v) is 14.6. The number of hydrogen-bond donors (Lipinski definition) is 3. The molecule has 1 aliphatic rings. The van der Waals surface area contributed by atoms with E-state index in [9.17, 15) is 13.6 Å². The van der Waals surface area contributed by atoms with Crippen LogP contribution in [0, 0.1) is 11.6 Å². The number of nitrogens with one attached hydrogen (secondary N) is 1. The minimum Gasteiger partial charge on any atom is -0.497 e. The van der Waals surface area contributed by atoms with E-state index in [1.807, 2.05) is 0 Å². The summed E-state index contributed by atoms with van der Waals surface area (Å²) in [6.45, 7) is 0. The molecule has 8 heteroatoms. The topological polar surface area (TPSA) is 96.9 Å². The summed E-state index contributed by atoms with van der Waals surface area (Å²) in [6.07, 6.45) is 1.33. The lowest BCUT2D eigenvalue weighted by atomic mass is 10.0. The number of oxime groups is 1. The first-order valence-electron chi connectivity index (χ1n) is 9.89. The number of amidine groups is 1. The maximum Gasteiger partial charge on any atom is 0.252 e. The lowest BCUT2D eigenvalue weighted by molar-refractivity contribution is -0.113. The fraction of sp³-hybridized carbons (Fsp3) is 0.200. The highest BCUT2D eigenvalue weighted by atomic mass is 19.1. The fourth-order valence-electron chi connectivity index (χ4n) is 3.12. The Balaban J connectivity index is 1.88. The van der Waals surface area contributed by atoms with Crippen molar-refractivity contribution < 1.29 is 27.6 Å². The number of nitrogens with two attached hydrogens (primary N) is 1. The Hall–Kier alpha value is -3.42. The molecule has 1 amide bonds. The number of carbonyl (C=O) groups is 1. The minimum atomic E-state index is -2.67. The molecule has 3 rings (SSSR count). The first-order chi connectivity index (χ1) is 14.6. The van der Waals surface area contributed by atoms with E-state index in [1.54, 1.807) is 0 Å². The molecule has 146 valence electrons. The Kier molecular flexibility index (Phi) is 4.51. The minimum absolute atomic E-state index is 0.0135. The predicted molar refractivity (Wildman–Crippen MR) is 101 cm³/mol. The molecular weight excluding hydrogens is 368 g/mol. The van der Waals surface area contributed by atoms with Crippen LogP contribution in [0.4, 0.5) is 14.5 Å². The summed E-state index contributed by atoms with van der Waals surface area (Å²) in [4.78, 5) is 12.5. The smallest absolute Gasteiger partial charge is 0.252 e. The van der Waals surface area contributed by atoms with Gasteiger partial charge in [0.15, 0.2) is 5.84 Å². The van der Waals surface area contributed by atoms with Gasteiger partial charge in [0, 0.05) is 11.1 Å². The van der Waals surface area contributed by atoms with Gasteiger partial charge in [-0.15, -0.1) is 0 Å². The molecule has 6 nitrogen and oxygen atoms in total. The normalized spacial score (nSPS) is 16.4. The Morgan fingerprint density at radius 1 is 1.21 bits per heavy atom. The highest BCUT2D eigenvalue weighted by Crippen LogP contribution is 2.31. The Morgan fingerprint density at radius 2 is 1.93 bits per heavy atom. The molecule has 0 saturated carbocycles. The lowest BCUT2D eigenvalue weighted by Crippen LogP contribution is -2.21. The van der Waals surface area contributed by atoms with Crippen molar-refractivity contribution in [3.63, 3.8) is 0 Å². The van der Waals surface area contributed by atoms with E-state index in [2.05, 4.69) is 10.5 Å². The van der Waals surface area contributed by atoms with Gasteiger partial charge in [-0.05, 0) is 54.7 Å². The van der Waals surface area contributed by atoms with Gasteiger partial charge in [0.1, 0.15) is 23.1 Å². The van der Waals surface area contributed by atoms with Crippen molar-refractivity contribution >= 4 is 17.4 Å². The highest BCUT2D eigenvalue weighted by Gasteiger charge is 2.25. The van der Waals surface area contributed by atoms with Crippen LogP contribution in [0.3, 0.4) is 0 Å². The molecule has 0 saturated heterocycles. The average molecular weight is 390 g/mol. The van der Waals surface area contributed by atoms with Crippen LogP contribution in [-0.4, -0.2) is 24.0 Å². The molecule has 0 atom stereocenters. The van der Waals surface area contributed by atoms with Crippen molar-refractivity contribution in [2.24, 2.45) is 10.9 Å². The molecule has 0 spiro atoms. The third kappa shape index (κ3) is 3.80. The summed E-state index contributed by atoms with van der Waals surface area (Å²) in [7, 11) is -2.67. The molecule has 0 fully saturated rings. The van der Waals surface area contributed by atoms with Crippen LogP contribution < -0.4 is 15.8 Å². The standard InChI is InChI=1S/C20H19F2N3O3/c1-28-13-5-2-4-11(8-13)12-9-16(21)18(17(22)10-12)24-20(26)15-7-3-6-14(15)19(23)25-27/h2,4-5,8-10,27H,3,6-7H2,1H3,(H2,23,25)(H,24,26)/i1D3. The molecule has 2 aromatic carbocycles. The number of rotatable bonds is 5. The van der Waals surface area contributed by atoms with Crippen molar-refractivity contribution in [2.45, 2.75) is 19.3 Å². The maximum absolute atomic E-state index is 14.7. The van der Waals surface area contributed by atoms with Crippen molar-refractivity contribution in [1.29, 1.82) is 0 Å². The monoisotopic (exact) mass is 390 g/mol. The second-order valence-corrected chi connectivity index (χ2v) is 6.19. The van der Waals surface area contributed by atoms with Crippen LogP contribution in [0.15, 0.2) is 52.7 Å². The van der Waals surface area contributed by atoms with Gasteiger partial charge in [-0.25, -0.2) is 8.78 Å². The maximum atomic E-state index is 14.7. The molecule has 0 radical (unpaired) electrons. The van der Waals surface area contributed by atoms with Gasteiger partial charge in [0.25, 0.3) is 5.91 Å². The number of benzene rings is 2. The van der Waals surface area contributed by atoms with Gasteiger partial charge in [0.05, 0.1) is 11.2 Å². The molecule has 0 bridgehead atoms. The molecule has 4 N–H and O–H groups in total. The Labute approximate surface area is 164 Å². The predicted octanol–water partition coefficient (Wildman–Crippen LogP) is 3.81. The summed E-state index contributed by atoms with van der Waals surface area (Å²) in [5, 5.41) is 13.9. The second kappa shape index (κ2) is 8.08. The number of nitrogens with zero attached hydrogens (tertiary/aromatic N) is 1. The van der Waals surface area contributed by atoms with Gasteiger partial charge in [-0.3, -0.25) is 4.79 Å². The third-order valence-electron chi connectivity index (χ3n) is 4.47. The summed E-state index contributed by atoms with van der Waals surface area (Å²) < 4.78 is 55.6. The number of halogens is 2. The van der Waals surface area contributed by atoms with E-state index >= 15 is 0 Å². The van der Waals surface area contributed by atoms with Crippen molar-refractivity contribution in [1.82, 2.24) is 0 Å². The quantitative estimate of drug-likeness (QED) is 0.313. The SMILES string of the molecule is [2H]C([2H])([2H])Oc1cccc(-c2cc(F)c(NC(=O)C3=C(/C(N)=N/O)CCC3)c(F)c2)c1. The number of anilines is 1.